The molecule has 0 radical (unpaired) electrons. The highest BCUT2D eigenvalue weighted by molar-refractivity contribution is 4.74. The second-order valence-corrected chi connectivity index (χ2v) is 3.83. The van der Waals surface area contributed by atoms with E-state index in [1.807, 2.05) is 13.8 Å². The zero-order chi connectivity index (χ0) is 9.68. The van der Waals surface area contributed by atoms with Gasteiger partial charge in [-0.1, -0.05) is 0 Å². The van der Waals surface area contributed by atoms with Gasteiger partial charge in [-0.3, -0.25) is 4.90 Å². The van der Waals surface area contributed by atoms with Crippen molar-refractivity contribution in [3.05, 3.63) is 0 Å². The SMILES string of the molecule is CCOC1CCCN(C[C@H](C)O)C1. The molecule has 1 fully saturated rings. The number of β-amino-alcohol motifs (C(OH)–C–C–N with tert-alkyl or cyclic N) is 1. The molecule has 0 aliphatic carbocycles. The summed E-state index contributed by atoms with van der Waals surface area (Å²) in [6, 6.07) is 0. The van der Waals surface area contributed by atoms with E-state index in [2.05, 4.69) is 4.90 Å². The molecule has 1 unspecified atom stereocenters. The first-order chi connectivity index (χ1) is 6.22. The molecule has 1 aliphatic rings. The van der Waals surface area contributed by atoms with Crippen molar-refractivity contribution in [2.75, 3.05) is 26.2 Å². The molecule has 1 saturated heterocycles. The molecule has 1 aliphatic heterocycles. The molecule has 78 valence electrons. The summed E-state index contributed by atoms with van der Waals surface area (Å²) < 4.78 is 5.57. The minimum absolute atomic E-state index is 0.222. The highest BCUT2D eigenvalue weighted by atomic mass is 16.5. The van der Waals surface area contributed by atoms with Gasteiger partial charge < -0.3 is 9.84 Å². The van der Waals surface area contributed by atoms with Crippen molar-refractivity contribution in [1.29, 1.82) is 0 Å². The van der Waals surface area contributed by atoms with E-state index in [1.165, 1.54) is 12.8 Å². The van der Waals surface area contributed by atoms with Crippen LogP contribution in [0.4, 0.5) is 0 Å². The maximum absolute atomic E-state index is 9.24. The fourth-order valence-corrected chi connectivity index (χ4v) is 1.92. The van der Waals surface area contributed by atoms with Gasteiger partial charge in [-0.05, 0) is 33.2 Å². The van der Waals surface area contributed by atoms with Gasteiger partial charge >= 0.3 is 0 Å². The number of hydrogen-bond acceptors (Lipinski definition) is 3. The van der Waals surface area contributed by atoms with Crippen molar-refractivity contribution in [3.8, 4) is 0 Å². The van der Waals surface area contributed by atoms with Crippen LogP contribution in [0.5, 0.6) is 0 Å². The van der Waals surface area contributed by atoms with Crippen LogP contribution in [0.3, 0.4) is 0 Å². The summed E-state index contributed by atoms with van der Waals surface area (Å²) in [5.41, 5.74) is 0. The second kappa shape index (κ2) is 5.58. The van der Waals surface area contributed by atoms with Gasteiger partial charge in [-0.15, -0.1) is 0 Å². The van der Waals surface area contributed by atoms with Gasteiger partial charge in [0.2, 0.25) is 0 Å². The quantitative estimate of drug-likeness (QED) is 0.709. The molecular weight excluding hydrogens is 166 g/mol. The summed E-state index contributed by atoms with van der Waals surface area (Å²) in [6.07, 6.45) is 2.53. The highest BCUT2D eigenvalue weighted by Crippen LogP contribution is 2.13. The predicted molar refractivity (Wildman–Crippen MR) is 52.8 cm³/mol. The highest BCUT2D eigenvalue weighted by Gasteiger charge is 2.20. The maximum atomic E-state index is 9.24. The second-order valence-electron chi connectivity index (χ2n) is 3.83. The van der Waals surface area contributed by atoms with Gasteiger partial charge in [0.15, 0.2) is 0 Å². The molecule has 1 heterocycles. The molecule has 0 spiro atoms. The van der Waals surface area contributed by atoms with Crippen molar-refractivity contribution < 1.29 is 9.84 Å². The normalized spacial score (nSPS) is 27.5. The van der Waals surface area contributed by atoms with Crippen molar-refractivity contribution in [3.63, 3.8) is 0 Å². The lowest BCUT2D eigenvalue weighted by molar-refractivity contribution is -0.00484. The Kier molecular flexibility index (Phi) is 4.70. The molecule has 13 heavy (non-hydrogen) atoms. The first-order valence-corrected chi connectivity index (χ1v) is 5.24. The van der Waals surface area contributed by atoms with Crippen molar-refractivity contribution in [2.45, 2.75) is 38.9 Å². The summed E-state index contributed by atoms with van der Waals surface area (Å²) in [5.74, 6) is 0. The lowest BCUT2D eigenvalue weighted by atomic mass is 10.1. The molecule has 2 atom stereocenters. The summed E-state index contributed by atoms with van der Waals surface area (Å²) >= 11 is 0. The van der Waals surface area contributed by atoms with Crippen LogP contribution < -0.4 is 0 Å². The monoisotopic (exact) mass is 187 g/mol. The van der Waals surface area contributed by atoms with E-state index in [-0.39, 0.29) is 6.10 Å². The maximum Gasteiger partial charge on any atom is 0.0702 e. The smallest absolute Gasteiger partial charge is 0.0702 e. The van der Waals surface area contributed by atoms with Gasteiger partial charge in [0.1, 0.15) is 0 Å². The average Bonchev–Trinajstić information content (AvgIpc) is 2.04. The third-order valence-corrected chi connectivity index (χ3v) is 2.39. The van der Waals surface area contributed by atoms with Gasteiger partial charge in [0.05, 0.1) is 12.2 Å². The van der Waals surface area contributed by atoms with Gasteiger partial charge in [0.25, 0.3) is 0 Å². The number of aliphatic hydroxyl groups excluding tert-OH is 1. The summed E-state index contributed by atoms with van der Waals surface area (Å²) in [4.78, 5) is 2.29. The summed E-state index contributed by atoms with van der Waals surface area (Å²) in [5, 5.41) is 9.24. The van der Waals surface area contributed by atoms with Gasteiger partial charge in [-0.25, -0.2) is 0 Å². The fourth-order valence-electron chi connectivity index (χ4n) is 1.92. The van der Waals surface area contributed by atoms with Crippen LogP contribution >= 0.6 is 0 Å². The van der Waals surface area contributed by atoms with Crippen molar-refractivity contribution >= 4 is 0 Å². The number of piperidine rings is 1. The third-order valence-electron chi connectivity index (χ3n) is 2.39. The molecule has 0 saturated carbocycles. The van der Waals surface area contributed by atoms with Crippen LogP contribution in [0.25, 0.3) is 0 Å². The molecule has 0 bridgehead atoms. The summed E-state index contributed by atoms with van der Waals surface area (Å²) in [7, 11) is 0. The molecule has 1 N–H and O–H groups in total. The number of nitrogens with zero attached hydrogens (tertiary/aromatic N) is 1. The van der Waals surface area contributed by atoms with Crippen LogP contribution in [0.15, 0.2) is 0 Å². The number of hydrogen-bond donors (Lipinski definition) is 1. The Morgan fingerprint density at radius 1 is 1.62 bits per heavy atom. The first-order valence-electron chi connectivity index (χ1n) is 5.24. The number of ether oxygens (including phenoxy) is 1. The minimum Gasteiger partial charge on any atom is -0.392 e. The van der Waals surface area contributed by atoms with E-state index < -0.39 is 0 Å². The van der Waals surface area contributed by atoms with E-state index in [9.17, 15) is 5.11 Å². The molecule has 0 amide bonds. The van der Waals surface area contributed by atoms with E-state index in [0.717, 1.165) is 26.2 Å². The Morgan fingerprint density at radius 2 is 2.38 bits per heavy atom. The molecule has 0 aromatic carbocycles. The Balaban J connectivity index is 2.24. The zero-order valence-electron chi connectivity index (χ0n) is 8.70. The fraction of sp³-hybridized carbons (Fsp3) is 1.00. The van der Waals surface area contributed by atoms with Gasteiger partial charge in [0, 0.05) is 19.7 Å². The van der Waals surface area contributed by atoms with E-state index in [1.54, 1.807) is 0 Å². The molecule has 0 aromatic heterocycles. The lowest BCUT2D eigenvalue weighted by Gasteiger charge is -2.33. The number of rotatable bonds is 4. The van der Waals surface area contributed by atoms with Crippen molar-refractivity contribution in [1.82, 2.24) is 4.90 Å². The van der Waals surface area contributed by atoms with Crippen LogP contribution in [0.2, 0.25) is 0 Å². The third kappa shape index (κ3) is 4.07. The Hall–Kier alpha value is -0.120. The molecule has 3 heteroatoms. The predicted octanol–water partition coefficient (Wildman–Crippen LogP) is 0.868. The van der Waals surface area contributed by atoms with Crippen LogP contribution in [0.1, 0.15) is 26.7 Å². The van der Waals surface area contributed by atoms with E-state index in [4.69, 9.17) is 4.74 Å². The van der Waals surface area contributed by atoms with Crippen LogP contribution in [0, 0.1) is 0 Å². The van der Waals surface area contributed by atoms with Crippen molar-refractivity contribution in [2.24, 2.45) is 0 Å². The average molecular weight is 187 g/mol. The lowest BCUT2D eigenvalue weighted by Crippen LogP contribution is -2.42. The first kappa shape index (κ1) is 11.0. The molecule has 1 rings (SSSR count). The van der Waals surface area contributed by atoms with E-state index in [0.29, 0.717) is 6.10 Å². The Labute approximate surface area is 80.7 Å². The van der Waals surface area contributed by atoms with E-state index >= 15 is 0 Å². The largest absolute Gasteiger partial charge is 0.392 e. The van der Waals surface area contributed by atoms with Gasteiger partial charge in [-0.2, -0.15) is 0 Å². The van der Waals surface area contributed by atoms with Crippen LogP contribution in [-0.2, 0) is 4.74 Å². The Bertz CT molecular complexity index is 137. The topological polar surface area (TPSA) is 32.7 Å². The molecule has 3 nitrogen and oxygen atoms in total. The standard InChI is InChI=1S/C10H21NO2/c1-3-13-10-5-4-6-11(8-10)7-9(2)12/h9-10,12H,3-8H2,1-2H3/t9-,10?/m0/s1. The number of aliphatic hydroxyl groups is 1. The number of likely N-dealkylation sites (tertiary alicyclic amines) is 1. The molecule has 0 aromatic rings. The van der Waals surface area contributed by atoms with Crippen LogP contribution in [-0.4, -0.2) is 48.5 Å². The Morgan fingerprint density at radius 3 is 3.00 bits per heavy atom. The molecular formula is C10H21NO2. The minimum atomic E-state index is -0.222. The summed E-state index contributed by atoms with van der Waals surface area (Å²) in [6.45, 7) is 7.54. The zero-order valence-corrected chi connectivity index (χ0v) is 8.70.